The average molecular weight is 393 g/mol. The van der Waals surface area contributed by atoms with Crippen LogP contribution in [-0.4, -0.2) is 60.0 Å². The summed E-state index contributed by atoms with van der Waals surface area (Å²) < 4.78 is 0. The lowest BCUT2D eigenvalue weighted by atomic mass is 9.97. The first-order valence-electron chi connectivity index (χ1n) is 9.11. The molecular weight excluding hydrogens is 368 g/mol. The molecule has 140 valence electrons. The fraction of sp³-hybridized carbons (Fsp3) is 0.588. The summed E-state index contributed by atoms with van der Waals surface area (Å²) in [5, 5.41) is 12.2. The van der Waals surface area contributed by atoms with E-state index in [1.807, 2.05) is 11.6 Å². The predicted molar refractivity (Wildman–Crippen MR) is 106 cm³/mol. The van der Waals surface area contributed by atoms with Gasteiger partial charge in [-0.25, -0.2) is 9.97 Å². The van der Waals surface area contributed by atoms with Crippen LogP contribution in [0.3, 0.4) is 0 Å². The van der Waals surface area contributed by atoms with Crippen LogP contribution < -0.4 is 15.5 Å². The first kappa shape index (κ1) is 17.8. The van der Waals surface area contributed by atoms with Crippen LogP contribution in [0.5, 0.6) is 0 Å². The third-order valence-corrected chi connectivity index (χ3v) is 6.58. The fourth-order valence-electron chi connectivity index (χ4n) is 3.43. The smallest absolute Gasteiger partial charge is 0.229 e. The third-order valence-electron chi connectivity index (χ3n) is 4.94. The van der Waals surface area contributed by atoms with Gasteiger partial charge >= 0.3 is 0 Å². The van der Waals surface area contributed by atoms with E-state index in [0.717, 1.165) is 74.6 Å². The molecule has 0 radical (unpaired) electrons. The van der Waals surface area contributed by atoms with Crippen molar-refractivity contribution in [2.45, 2.75) is 19.4 Å². The summed E-state index contributed by atoms with van der Waals surface area (Å²) in [6, 6.07) is 0. The number of hydrogen-bond acceptors (Lipinski definition) is 8. The lowest BCUT2D eigenvalue weighted by Crippen LogP contribution is -2.46. The van der Waals surface area contributed by atoms with Crippen molar-refractivity contribution in [3.05, 3.63) is 22.7 Å². The van der Waals surface area contributed by atoms with E-state index in [1.54, 1.807) is 11.3 Å². The van der Waals surface area contributed by atoms with Crippen LogP contribution in [0.1, 0.15) is 18.5 Å². The summed E-state index contributed by atoms with van der Waals surface area (Å²) in [6.07, 6.45) is 3.68. The molecule has 9 heteroatoms. The van der Waals surface area contributed by atoms with Crippen molar-refractivity contribution >= 4 is 38.8 Å². The zero-order valence-electron chi connectivity index (χ0n) is 14.7. The minimum Gasteiger partial charge on any atom is -0.346 e. The van der Waals surface area contributed by atoms with Gasteiger partial charge in [0.05, 0.1) is 5.69 Å². The summed E-state index contributed by atoms with van der Waals surface area (Å²) in [7, 11) is 0. The van der Waals surface area contributed by atoms with Crippen molar-refractivity contribution in [2.24, 2.45) is 5.92 Å². The Kier molecular flexibility index (Phi) is 5.78. The van der Waals surface area contributed by atoms with Crippen molar-refractivity contribution < 1.29 is 4.79 Å². The van der Waals surface area contributed by atoms with Crippen molar-refractivity contribution in [1.82, 2.24) is 20.2 Å². The van der Waals surface area contributed by atoms with Gasteiger partial charge in [0.2, 0.25) is 5.91 Å². The van der Waals surface area contributed by atoms with Crippen LogP contribution >= 0.6 is 22.7 Å². The lowest BCUT2D eigenvalue weighted by molar-refractivity contribution is -0.120. The van der Waals surface area contributed by atoms with E-state index in [0.29, 0.717) is 0 Å². The first-order chi connectivity index (χ1) is 12.8. The number of piperidine rings is 1. The standard InChI is InChI=1S/C17H24N6OS2/c24-15(13-1-3-18-4-2-13)21-16-20-14(12-26-16)11-22-6-8-23(9-7-22)17-19-5-10-25-17/h5,10,12-13,18H,1-4,6-9,11H2,(H,20,21,24). The van der Waals surface area contributed by atoms with Crippen LogP contribution in [0.4, 0.5) is 10.3 Å². The Balaban J connectivity index is 1.25. The van der Waals surface area contributed by atoms with Gasteiger partial charge in [-0.3, -0.25) is 9.69 Å². The largest absolute Gasteiger partial charge is 0.346 e. The average Bonchev–Trinajstić information content (AvgIpc) is 3.35. The van der Waals surface area contributed by atoms with Gasteiger partial charge in [-0.1, -0.05) is 0 Å². The monoisotopic (exact) mass is 392 g/mol. The molecule has 0 unspecified atom stereocenters. The molecule has 0 saturated carbocycles. The van der Waals surface area contributed by atoms with Crippen LogP contribution in [0.25, 0.3) is 0 Å². The lowest BCUT2D eigenvalue weighted by Gasteiger charge is -2.34. The van der Waals surface area contributed by atoms with Crippen LogP contribution in [0.15, 0.2) is 17.0 Å². The Hall–Kier alpha value is -1.55. The maximum atomic E-state index is 12.3. The van der Waals surface area contributed by atoms with Crippen molar-refractivity contribution in [3.63, 3.8) is 0 Å². The van der Waals surface area contributed by atoms with E-state index in [1.165, 1.54) is 11.3 Å². The highest BCUT2D eigenvalue weighted by atomic mass is 32.1. The minimum atomic E-state index is 0.113. The molecule has 4 rings (SSSR count). The molecule has 2 aromatic heterocycles. The summed E-state index contributed by atoms with van der Waals surface area (Å²) in [5.41, 5.74) is 1.04. The number of thiazole rings is 2. The molecule has 0 aliphatic carbocycles. The number of hydrogen-bond donors (Lipinski definition) is 2. The van der Waals surface area contributed by atoms with Gasteiger partial charge < -0.3 is 15.5 Å². The molecule has 0 atom stereocenters. The Morgan fingerprint density at radius 2 is 2.04 bits per heavy atom. The molecule has 26 heavy (non-hydrogen) atoms. The zero-order chi connectivity index (χ0) is 17.8. The highest BCUT2D eigenvalue weighted by Crippen LogP contribution is 2.22. The van der Waals surface area contributed by atoms with Crippen molar-refractivity contribution in [2.75, 3.05) is 49.5 Å². The quantitative estimate of drug-likeness (QED) is 0.809. The molecule has 2 aromatic rings. The van der Waals surface area contributed by atoms with E-state index < -0.39 is 0 Å². The van der Waals surface area contributed by atoms with E-state index in [4.69, 9.17) is 0 Å². The number of carbonyl (C=O) groups excluding carboxylic acids is 1. The van der Waals surface area contributed by atoms with Gasteiger partial charge in [-0.05, 0) is 25.9 Å². The highest BCUT2D eigenvalue weighted by Gasteiger charge is 2.22. The molecule has 2 aliphatic rings. The molecule has 0 bridgehead atoms. The molecule has 7 nitrogen and oxygen atoms in total. The molecular formula is C17H24N6OS2. The minimum absolute atomic E-state index is 0.113. The Morgan fingerprint density at radius 1 is 1.23 bits per heavy atom. The summed E-state index contributed by atoms with van der Waals surface area (Å²) in [6.45, 7) is 6.70. The number of anilines is 2. The molecule has 2 N–H and O–H groups in total. The number of aromatic nitrogens is 2. The Morgan fingerprint density at radius 3 is 2.77 bits per heavy atom. The Labute approximate surface area is 161 Å². The van der Waals surface area contributed by atoms with Gasteiger partial charge in [0, 0.05) is 55.6 Å². The van der Waals surface area contributed by atoms with Gasteiger partial charge in [0.15, 0.2) is 10.3 Å². The van der Waals surface area contributed by atoms with Crippen molar-refractivity contribution in [1.29, 1.82) is 0 Å². The summed E-state index contributed by atoms with van der Waals surface area (Å²) in [4.78, 5) is 26.1. The van der Waals surface area contributed by atoms with Gasteiger partial charge in [-0.15, -0.1) is 22.7 Å². The second-order valence-corrected chi connectivity index (χ2v) is 8.47. The van der Waals surface area contributed by atoms with E-state index in [2.05, 4.69) is 35.8 Å². The number of amides is 1. The first-order valence-corrected chi connectivity index (χ1v) is 10.9. The van der Waals surface area contributed by atoms with Crippen LogP contribution in [0, 0.1) is 5.92 Å². The van der Waals surface area contributed by atoms with E-state index >= 15 is 0 Å². The number of carbonyl (C=O) groups is 1. The number of piperazine rings is 1. The molecule has 4 heterocycles. The third kappa shape index (κ3) is 4.40. The highest BCUT2D eigenvalue weighted by molar-refractivity contribution is 7.14. The molecule has 1 amide bonds. The predicted octanol–water partition coefficient (Wildman–Crippen LogP) is 1.86. The summed E-state index contributed by atoms with van der Waals surface area (Å²) in [5.74, 6) is 0.229. The van der Waals surface area contributed by atoms with Crippen LogP contribution in [0.2, 0.25) is 0 Å². The summed E-state index contributed by atoms with van der Waals surface area (Å²) >= 11 is 3.22. The number of nitrogens with zero attached hydrogens (tertiary/aromatic N) is 4. The molecule has 2 aliphatic heterocycles. The second-order valence-electron chi connectivity index (χ2n) is 6.74. The van der Waals surface area contributed by atoms with E-state index in [-0.39, 0.29) is 11.8 Å². The maximum Gasteiger partial charge on any atom is 0.229 e. The fourth-order valence-corrected chi connectivity index (χ4v) is 4.83. The Bertz CT molecular complexity index is 705. The van der Waals surface area contributed by atoms with Crippen LogP contribution in [-0.2, 0) is 11.3 Å². The maximum absolute atomic E-state index is 12.3. The molecule has 2 saturated heterocycles. The normalized spacial score (nSPS) is 19.6. The number of nitrogens with one attached hydrogen (secondary N) is 2. The van der Waals surface area contributed by atoms with Crippen molar-refractivity contribution in [3.8, 4) is 0 Å². The van der Waals surface area contributed by atoms with E-state index in [9.17, 15) is 4.79 Å². The van der Waals surface area contributed by atoms with Gasteiger partial charge in [-0.2, -0.15) is 0 Å². The van der Waals surface area contributed by atoms with Gasteiger partial charge in [0.25, 0.3) is 0 Å². The van der Waals surface area contributed by atoms with Gasteiger partial charge in [0.1, 0.15) is 0 Å². The molecule has 0 spiro atoms. The zero-order valence-corrected chi connectivity index (χ0v) is 16.3. The molecule has 2 fully saturated rings. The number of rotatable bonds is 5. The second kappa shape index (κ2) is 8.43. The SMILES string of the molecule is O=C(Nc1nc(CN2CCN(c3nccs3)CC2)cs1)C1CCNCC1. The molecule has 0 aromatic carbocycles. The topological polar surface area (TPSA) is 73.4 Å².